The first-order valence-electron chi connectivity index (χ1n) is 10.9. The Labute approximate surface area is 189 Å². The number of carbonyl (C=O) groups excluding carboxylic acids is 1. The van der Waals surface area contributed by atoms with Crippen LogP contribution in [0.2, 0.25) is 0 Å². The van der Waals surface area contributed by atoms with Crippen LogP contribution in [-0.2, 0) is 4.79 Å². The number of hydrogen-bond donors (Lipinski definition) is 2. The van der Waals surface area contributed by atoms with E-state index in [9.17, 15) is 4.79 Å². The molecule has 0 radical (unpaired) electrons. The largest absolute Gasteiger partial charge is 0.355 e. The molecule has 2 aliphatic rings. The Morgan fingerprint density at radius 1 is 1.11 bits per heavy atom. The molecule has 1 aliphatic carbocycles. The van der Waals surface area contributed by atoms with E-state index < -0.39 is 0 Å². The van der Waals surface area contributed by atoms with Crippen molar-refractivity contribution >= 4 is 35.8 Å². The van der Waals surface area contributed by atoms with E-state index in [0.29, 0.717) is 24.0 Å². The summed E-state index contributed by atoms with van der Waals surface area (Å²) in [6.45, 7) is 12.5. The summed E-state index contributed by atoms with van der Waals surface area (Å²) in [6, 6.07) is 1.38. The molecule has 0 aromatic carbocycles. The van der Waals surface area contributed by atoms with Crippen molar-refractivity contribution in [2.45, 2.75) is 84.3 Å². The number of halogens is 1. The first-order valence-corrected chi connectivity index (χ1v) is 10.9. The fraction of sp³-hybridized carbons (Fsp3) is 0.905. The maximum atomic E-state index is 12.7. The van der Waals surface area contributed by atoms with Gasteiger partial charge in [0.15, 0.2) is 5.96 Å². The molecule has 28 heavy (non-hydrogen) atoms. The van der Waals surface area contributed by atoms with Crippen molar-refractivity contribution < 1.29 is 4.79 Å². The number of likely N-dealkylation sites (tertiary alicyclic amines) is 1. The van der Waals surface area contributed by atoms with Gasteiger partial charge >= 0.3 is 0 Å². The van der Waals surface area contributed by atoms with Crippen LogP contribution in [0.3, 0.4) is 0 Å². The van der Waals surface area contributed by atoms with Crippen molar-refractivity contribution in [1.29, 1.82) is 0 Å². The lowest BCUT2D eigenvalue weighted by atomic mass is 9.88. The second kappa shape index (κ2) is 12.9. The number of aliphatic imine (C=N–C) groups is 1. The van der Waals surface area contributed by atoms with Crippen LogP contribution in [0.1, 0.15) is 66.2 Å². The van der Waals surface area contributed by atoms with Crippen molar-refractivity contribution in [1.82, 2.24) is 20.4 Å². The number of nitrogens with one attached hydrogen (secondary N) is 2. The zero-order valence-corrected chi connectivity index (χ0v) is 20.9. The Balaban J connectivity index is 0.00000392. The molecule has 1 aliphatic heterocycles. The highest BCUT2D eigenvalue weighted by atomic mass is 127. The van der Waals surface area contributed by atoms with Crippen LogP contribution in [0.25, 0.3) is 0 Å². The summed E-state index contributed by atoms with van der Waals surface area (Å²) in [5, 5.41) is 6.95. The normalized spacial score (nSPS) is 21.4. The summed E-state index contributed by atoms with van der Waals surface area (Å²) < 4.78 is 0. The average molecular weight is 508 g/mol. The van der Waals surface area contributed by atoms with Crippen LogP contribution in [0.5, 0.6) is 0 Å². The van der Waals surface area contributed by atoms with Gasteiger partial charge in [-0.1, -0.05) is 19.3 Å². The van der Waals surface area contributed by atoms with Crippen molar-refractivity contribution in [3.8, 4) is 0 Å². The Hall–Kier alpha value is -0.570. The van der Waals surface area contributed by atoms with Crippen LogP contribution >= 0.6 is 24.0 Å². The van der Waals surface area contributed by atoms with Crippen LogP contribution in [-0.4, -0.2) is 73.0 Å². The van der Waals surface area contributed by atoms with Gasteiger partial charge in [0.25, 0.3) is 0 Å². The maximum Gasteiger partial charge on any atom is 0.225 e. The first kappa shape index (κ1) is 25.5. The summed E-state index contributed by atoms with van der Waals surface area (Å²) in [7, 11) is 1.82. The van der Waals surface area contributed by atoms with Gasteiger partial charge in [-0.15, -0.1) is 24.0 Å². The maximum absolute atomic E-state index is 12.7. The van der Waals surface area contributed by atoms with E-state index in [1.54, 1.807) is 0 Å². The zero-order chi connectivity index (χ0) is 19.8. The van der Waals surface area contributed by atoms with E-state index in [0.717, 1.165) is 51.4 Å². The second-order valence-electron chi connectivity index (χ2n) is 8.67. The van der Waals surface area contributed by atoms with Crippen molar-refractivity contribution in [3.05, 3.63) is 0 Å². The van der Waals surface area contributed by atoms with E-state index in [1.807, 2.05) is 7.05 Å². The highest BCUT2D eigenvalue weighted by Gasteiger charge is 2.31. The molecule has 1 heterocycles. The lowest BCUT2D eigenvalue weighted by molar-refractivity contribution is -0.135. The summed E-state index contributed by atoms with van der Waals surface area (Å²) in [5.41, 5.74) is 0. The molecule has 2 rings (SSSR count). The van der Waals surface area contributed by atoms with Gasteiger partial charge in [-0.05, 0) is 47.0 Å². The molecule has 1 amide bonds. The third-order valence-electron chi connectivity index (χ3n) is 6.01. The van der Waals surface area contributed by atoms with Gasteiger partial charge in [0.1, 0.15) is 0 Å². The second-order valence-corrected chi connectivity index (χ2v) is 8.67. The monoisotopic (exact) mass is 507 g/mol. The molecule has 1 atom stereocenters. The average Bonchev–Trinajstić information content (AvgIpc) is 3.12. The third-order valence-corrected chi connectivity index (χ3v) is 6.01. The van der Waals surface area contributed by atoms with E-state index in [2.05, 4.69) is 53.1 Å². The van der Waals surface area contributed by atoms with Gasteiger partial charge < -0.3 is 15.5 Å². The van der Waals surface area contributed by atoms with Gasteiger partial charge in [-0.3, -0.25) is 14.7 Å². The molecule has 0 aromatic rings. The number of nitrogens with zero attached hydrogens (tertiary/aromatic N) is 3. The minimum Gasteiger partial charge on any atom is -0.355 e. The number of carbonyl (C=O) groups is 1. The van der Waals surface area contributed by atoms with E-state index in [1.165, 1.54) is 19.3 Å². The van der Waals surface area contributed by atoms with Gasteiger partial charge in [-0.25, -0.2) is 0 Å². The van der Waals surface area contributed by atoms with Crippen LogP contribution in [0.4, 0.5) is 0 Å². The molecule has 0 aromatic heterocycles. The fourth-order valence-corrected chi connectivity index (χ4v) is 4.49. The van der Waals surface area contributed by atoms with E-state index in [4.69, 9.17) is 0 Å². The van der Waals surface area contributed by atoms with Crippen molar-refractivity contribution in [2.24, 2.45) is 10.9 Å². The van der Waals surface area contributed by atoms with Crippen LogP contribution < -0.4 is 10.6 Å². The molecule has 1 unspecified atom stereocenters. The van der Waals surface area contributed by atoms with Crippen molar-refractivity contribution in [3.63, 3.8) is 0 Å². The number of rotatable bonds is 7. The standard InChI is InChI=1S/C21H41N5O.HI/c1-16(2)26(17(3)4)14-12-23-21(22-5)24-19-11-13-25(15-19)20(27)18-9-7-6-8-10-18;/h16-19H,6-15H2,1-5H3,(H2,22,23,24);1H. The molecular weight excluding hydrogens is 465 g/mol. The summed E-state index contributed by atoms with van der Waals surface area (Å²) >= 11 is 0. The van der Waals surface area contributed by atoms with E-state index >= 15 is 0 Å². The van der Waals surface area contributed by atoms with Crippen molar-refractivity contribution in [2.75, 3.05) is 33.2 Å². The molecule has 1 saturated carbocycles. The molecule has 1 saturated heterocycles. The Morgan fingerprint density at radius 2 is 1.75 bits per heavy atom. The zero-order valence-electron chi connectivity index (χ0n) is 18.5. The van der Waals surface area contributed by atoms with Crippen LogP contribution in [0, 0.1) is 5.92 Å². The predicted molar refractivity (Wildman–Crippen MR) is 128 cm³/mol. The smallest absolute Gasteiger partial charge is 0.225 e. The van der Waals surface area contributed by atoms with Gasteiger partial charge in [0.05, 0.1) is 0 Å². The van der Waals surface area contributed by atoms with Gasteiger partial charge in [0, 0.05) is 57.3 Å². The molecule has 0 spiro atoms. The van der Waals surface area contributed by atoms with Crippen LogP contribution in [0.15, 0.2) is 4.99 Å². The summed E-state index contributed by atoms with van der Waals surface area (Å²) in [6.07, 6.45) is 6.89. The number of amides is 1. The lowest BCUT2D eigenvalue weighted by Gasteiger charge is -2.30. The number of guanidine groups is 1. The summed E-state index contributed by atoms with van der Waals surface area (Å²) in [5.74, 6) is 1.50. The SMILES string of the molecule is CN=C(NCCN(C(C)C)C(C)C)NC1CCN(C(=O)C2CCCCC2)C1.I. The minimum atomic E-state index is 0. The minimum absolute atomic E-state index is 0. The third kappa shape index (κ3) is 7.69. The van der Waals surface area contributed by atoms with E-state index in [-0.39, 0.29) is 29.9 Å². The molecular formula is C21H42IN5O. The Bertz CT molecular complexity index is 483. The lowest BCUT2D eigenvalue weighted by Crippen LogP contribution is -2.48. The van der Waals surface area contributed by atoms with Gasteiger partial charge in [0.2, 0.25) is 5.91 Å². The molecule has 164 valence electrons. The topological polar surface area (TPSA) is 60.0 Å². The quantitative estimate of drug-likeness (QED) is 0.316. The molecule has 7 heteroatoms. The predicted octanol–water partition coefficient (Wildman–Crippen LogP) is 3.07. The first-order chi connectivity index (χ1) is 12.9. The number of hydrogen-bond acceptors (Lipinski definition) is 3. The molecule has 6 nitrogen and oxygen atoms in total. The highest BCUT2D eigenvalue weighted by Crippen LogP contribution is 2.26. The Morgan fingerprint density at radius 3 is 2.32 bits per heavy atom. The molecule has 2 fully saturated rings. The Kier molecular flexibility index (Phi) is 11.7. The van der Waals surface area contributed by atoms with Gasteiger partial charge in [-0.2, -0.15) is 0 Å². The summed E-state index contributed by atoms with van der Waals surface area (Å²) in [4.78, 5) is 21.6. The molecule has 2 N–H and O–H groups in total. The molecule has 0 bridgehead atoms. The highest BCUT2D eigenvalue weighted by molar-refractivity contribution is 14.0. The fourth-order valence-electron chi connectivity index (χ4n) is 4.49.